The molecule has 1 saturated carbocycles. The lowest BCUT2D eigenvalue weighted by atomic mass is 9.80. The molecule has 2 aliphatic rings. The van der Waals surface area contributed by atoms with Crippen LogP contribution in [0.3, 0.4) is 0 Å². The molecule has 2 aromatic carbocycles. The second-order valence-electron chi connectivity index (χ2n) is 9.45. The van der Waals surface area contributed by atoms with Gasteiger partial charge in [0.15, 0.2) is 0 Å². The molecule has 0 bridgehead atoms. The van der Waals surface area contributed by atoms with Gasteiger partial charge in [0.1, 0.15) is 5.54 Å². The molecule has 1 saturated heterocycles. The summed E-state index contributed by atoms with van der Waals surface area (Å²) in [5.41, 5.74) is 1.56. The van der Waals surface area contributed by atoms with Gasteiger partial charge >= 0.3 is 6.03 Å². The van der Waals surface area contributed by atoms with Crippen molar-refractivity contribution in [2.45, 2.75) is 69.6 Å². The van der Waals surface area contributed by atoms with E-state index in [9.17, 15) is 9.59 Å². The number of amides is 3. The second-order valence-corrected chi connectivity index (χ2v) is 9.45. The summed E-state index contributed by atoms with van der Waals surface area (Å²) in [6.45, 7) is 3.34. The standard InChI is InChI=1S/C27H36N4O2/c32-25(29-24-14-18-31(19-15-24)21-23-12-6-2-7-13-23)27(16-8-3-9-17-27)30-26(33)28-20-22-10-4-1-5-11-22/h1-2,4-7,10-13,24H,3,8-9,14-21H2,(H,29,32)(H2,28,30,33). The summed E-state index contributed by atoms with van der Waals surface area (Å²) in [5, 5.41) is 9.27. The Hall–Kier alpha value is -2.86. The van der Waals surface area contributed by atoms with Crippen LogP contribution in [0.4, 0.5) is 4.79 Å². The van der Waals surface area contributed by atoms with E-state index < -0.39 is 5.54 Å². The van der Waals surface area contributed by atoms with Crippen LogP contribution in [0.25, 0.3) is 0 Å². The normalized spacial score (nSPS) is 18.9. The molecule has 3 amide bonds. The highest BCUT2D eigenvalue weighted by atomic mass is 16.2. The summed E-state index contributed by atoms with van der Waals surface area (Å²) in [6, 6.07) is 20.2. The van der Waals surface area contributed by atoms with Gasteiger partial charge in [-0.2, -0.15) is 0 Å². The maximum atomic E-state index is 13.4. The number of hydrogen-bond donors (Lipinski definition) is 3. The number of nitrogens with one attached hydrogen (secondary N) is 3. The molecule has 4 rings (SSSR count). The van der Waals surface area contributed by atoms with Crippen molar-refractivity contribution in [3.8, 4) is 0 Å². The minimum absolute atomic E-state index is 0.0152. The molecule has 1 heterocycles. The van der Waals surface area contributed by atoms with E-state index in [0.717, 1.165) is 57.3 Å². The minimum Gasteiger partial charge on any atom is -0.351 e. The molecule has 0 radical (unpaired) electrons. The smallest absolute Gasteiger partial charge is 0.315 e. The first-order chi connectivity index (χ1) is 16.1. The Morgan fingerprint density at radius 1 is 0.848 bits per heavy atom. The van der Waals surface area contributed by atoms with Crippen molar-refractivity contribution in [3.63, 3.8) is 0 Å². The van der Waals surface area contributed by atoms with Gasteiger partial charge in [0.2, 0.25) is 5.91 Å². The van der Waals surface area contributed by atoms with Crippen LogP contribution >= 0.6 is 0 Å². The number of benzene rings is 2. The van der Waals surface area contributed by atoms with E-state index in [1.54, 1.807) is 0 Å². The van der Waals surface area contributed by atoms with E-state index in [1.165, 1.54) is 5.56 Å². The van der Waals surface area contributed by atoms with Gasteiger partial charge in [-0.15, -0.1) is 0 Å². The molecule has 0 aromatic heterocycles. The monoisotopic (exact) mass is 448 g/mol. The summed E-state index contributed by atoms with van der Waals surface area (Å²) in [6.07, 6.45) is 6.31. The molecule has 33 heavy (non-hydrogen) atoms. The van der Waals surface area contributed by atoms with Crippen molar-refractivity contribution >= 4 is 11.9 Å². The molecular weight excluding hydrogens is 412 g/mol. The molecular formula is C27H36N4O2. The van der Waals surface area contributed by atoms with Crippen molar-refractivity contribution in [2.75, 3.05) is 13.1 Å². The van der Waals surface area contributed by atoms with Crippen LogP contribution in [-0.2, 0) is 17.9 Å². The topological polar surface area (TPSA) is 73.5 Å². The zero-order valence-electron chi connectivity index (χ0n) is 19.4. The van der Waals surface area contributed by atoms with Crippen molar-refractivity contribution in [1.82, 2.24) is 20.9 Å². The van der Waals surface area contributed by atoms with Crippen LogP contribution in [0, 0.1) is 0 Å². The third kappa shape index (κ3) is 6.57. The summed E-state index contributed by atoms with van der Waals surface area (Å²) in [7, 11) is 0. The highest BCUT2D eigenvalue weighted by Gasteiger charge is 2.41. The fourth-order valence-electron chi connectivity index (χ4n) is 5.00. The summed E-state index contributed by atoms with van der Waals surface area (Å²) in [5.74, 6) is -0.0152. The van der Waals surface area contributed by atoms with Gasteiger partial charge in [-0.25, -0.2) is 4.79 Å². The van der Waals surface area contributed by atoms with Crippen LogP contribution < -0.4 is 16.0 Å². The fourth-order valence-corrected chi connectivity index (χ4v) is 5.00. The lowest BCUT2D eigenvalue weighted by Gasteiger charge is -2.39. The molecule has 3 N–H and O–H groups in total. The van der Waals surface area contributed by atoms with Crippen molar-refractivity contribution in [3.05, 3.63) is 71.8 Å². The highest BCUT2D eigenvalue weighted by Crippen LogP contribution is 2.29. The quantitative estimate of drug-likeness (QED) is 0.600. The number of urea groups is 1. The SMILES string of the molecule is O=C(NCc1ccccc1)NC1(C(=O)NC2CCN(Cc3ccccc3)CC2)CCCCC1. The number of hydrogen-bond acceptors (Lipinski definition) is 3. The Balaban J connectivity index is 1.29. The van der Waals surface area contributed by atoms with Gasteiger partial charge in [-0.1, -0.05) is 79.9 Å². The molecule has 1 aliphatic heterocycles. The lowest BCUT2D eigenvalue weighted by Crippen LogP contribution is -2.63. The van der Waals surface area contributed by atoms with Crippen LogP contribution in [0.5, 0.6) is 0 Å². The third-order valence-electron chi connectivity index (χ3n) is 6.96. The number of carbonyl (C=O) groups excluding carboxylic acids is 2. The summed E-state index contributed by atoms with van der Waals surface area (Å²) < 4.78 is 0. The Morgan fingerprint density at radius 2 is 1.45 bits per heavy atom. The third-order valence-corrected chi connectivity index (χ3v) is 6.96. The molecule has 2 fully saturated rings. The molecule has 176 valence electrons. The van der Waals surface area contributed by atoms with Gasteiger partial charge in [0, 0.05) is 32.2 Å². The second kappa shape index (κ2) is 11.3. The number of nitrogens with zero attached hydrogens (tertiary/aromatic N) is 1. The zero-order valence-corrected chi connectivity index (χ0v) is 19.4. The van der Waals surface area contributed by atoms with Gasteiger partial charge < -0.3 is 16.0 Å². The predicted octanol–water partition coefficient (Wildman–Crippen LogP) is 3.97. The maximum Gasteiger partial charge on any atom is 0.315 e. The number of rotatable bonds is 7. The minimum atomic E-state index is -0.805. The van der Waals surface area contributed by atoms with E-state index in [-0.39, 0.29) is 18.0 Å². The van der Waals surface area contributed by atoms with Crippen molar-refractivity contribution < 1.29 is 9.59 Å². The Labute approximate surface area is 197 Å². The Bertz CT molecular complexity index is 889. The first-order valence-electron chi connectivity index (χ1n) is 12.3. The van der Waals surface area contributed by atoms with Gasteiger partial charge in [0.25, 0.3) is 0 Å². The highest BCUT2D eigenvalue weighted by molar-refractivity contribution is 5.91. The number of piperidine rings is 1. The van der Waals surface area contributed by atoms with E-state index in [0.29, 0.717) is 19.4 Å². The molecule has 0 spiro atoms. The zero-order chi connectivity index (χ0) is 22.9. The number of likely N-dealkylation sites (tertiary alicyclic amines) is 1. The van der Waals surface area contributed by atoms with E-state index in [1.807, 2.05) is 36.4 Å². The average molecular weight is 449 g/mol. The molecule has 1 aliphatic carbocycles. The number of carbonyl (C=O) groups is 2. The molecule has 6 heteroatoms. The average Bonchev–Trinajstić information content (AvgIpc) is 2.86. The van der Waals surface area contributed by atoms with Crippen LogP contribution in [-0.4, -0.2) is 41.5 Å². The Morgan fingerprint density at radius 3 is 2.09 bits per heavy atom. The van der Waals surface area contributed by atoms with Crippen LogP contribution in [0.1, 0.15) is 56.1 Å². The molecule has 0 unspecified atom stereocenters. The fraction of sp³-hybridized carbons (Fsp3) is 0.481. The molecule has 2 aromatic rings. The molecule has 6 nitrogen and oxygen atoms in total. The van der Waals surface area contributed by atoms with Crippen LogP contribution in [0.2, 0.25) is 0 Å². The van der Waals surface area contributed by atoms with E-state index in [2.05, 4.69) is 45.1 Å². The van der Waals surface area contributed by atoms with Gasteiger partial charge in [-0.05, 0) is 36.8 Å². The van der Waals surface area contributed by atoms with Gasteiger partial charge in [0.05, 0.1) is 0 Å². The molecule has 0 atom stereocenters. The maximum absolute atomic E-state index is 13.4. The van der Waals surface area contributed by atoms with Crippen molar-refractivity contribution in [2.24, 2.45) is 0 Å². The van der Waals surface area contributed by atoms with Gasteiger partial charge in [-0.3, -0.25) is 9.69 Å². The predicted molar refractivity (Wildman–Crippen MR) is 131 cm³/mol. The summed E-state index contributed by atoms with van der Waals surface area (Å²) in [4.78, 5) is 28.5. The largest absolute Gasteiger partial charge is 0.351 e. The van der Waals surface area contributed by atoms with Crippen molar-refractivity contribution in [1.29, 1.82) is 0 Å². The lowest BCUT2D eigenvalue weighted by molar-refractivity contribution is -0.129. The summed E-state index contributed by atoms with van der Waals surface area (Å²) >= 11 is 0. The first kappa shape index (κ1) is 23.3. The Kier molecular flexibility index (Phi) is 8.00. The first-order valence-corrected chi connectivity index (χ1v) is 12.3. The van der Waals surface area contributed by atoms with E-state index in [4.69, 9.17) is 0 Å². The van der Waals surface area contributed by atoms with Crippen LogP contribution in [0.15, 0.2) is 60.7 Å². The van der Waals surface area contributed by atoms with E-state index >= 15 is 0 Å².